The molecule has 0 aliphatic rings. The SMILES string of the molecule is C=C/C=C(/F)C(C)C. The Balaban J connectivity index is 3.78. The number of hydrogen-bond acceptors (Lipinski definition) is 0. The fourth-order valence-electron chi connectivity index (χ4n) is 0.305. The molecular weight excluding hydrogens is 103 g/mol. The maximum absolute atomic E-state index is 12.3. The van der Waals surface area contributed by atoms with Gasteiger partial charge in [0.2, 0.25) is 0 Å². The number of allylic oxidation sites excluding steroid dienone is 3. The van der Waals surface area contributed by atoms with E-state index in [1.54, 1.807) is 13.8 Å². The van der Waals surface area contributed by atoms with E-state index in [0.717, 1.165) is 0 Å². The highest BCUT2D eigenvalue weighted by Gasteiger charge is 1.96. The lowest BCUT2D eigenvalue weighted by Crippen LogP contribution is -1.84. The second-order valence-electron chi connectivity index (χ2n) is 1.94. The summed E-state index contributed by atoms with van der Waals surface area (Å²) in [4.78, 5) is 0. The van der Waals surface area contributed by atoms with Crippen LogP contribution in [0, 0.1) is 5.92 Å². The van der Waals surface area contributed by atoms with Crippen molar-refractivity contribution in [2.75, 3.05) is 0 Å². The molecule has 0 bridgehead atoms. The smallest absolute Gasteiger partial charge is 0.102 e. The highest BCUT2D eigenvalue weighted by Crippen LogP contribution is 2.09. The second kappa shape index (κ2) is 3.42. The number of hydrogen-bond donors (Lipinski definition) is 0. The normalized spacial score (nSPS) is 12.2. The maximum Gasteiger partial charge on any atom is 0.102 e. The van der Waals surface area contributed by atoms with Gasteiger partial charge in [0.05, 0.1) is 0 Å². The highest BCUT2D eigenvalue weighted by atomic mass is 19.1. The van der Waals surface area contributed by atoms with Gasteiger partial charge in [-0.2, -0.15) is 0 Å². The van der Waals surface area contributed by atoms with Gasteiger partial charge in [-0.3, -0.25) is 0 Å². The van der Waals surface area contributed by atoms with Crippen LogP contribution in [-0.4, -0.2) is 0 Å². The van der Waals surface area contributed by atoms with Crippen molar-refractivity contribution in [2.24, 2.45) is 5.92 Å². The molecule has 0 aromatic rings. The Bertz CT molecular complexity index is 101. The molecule has 0 aromatic carbocycles. The average Bonchev–Trinajstić information content (AvgIpc) is 1.67. The zero-order valence-corrected chi connectivity index (χ0v) is 5.32. The standard InChI is InChI=1S/C7H11F/c1-4-5-7(8)6(2)3/h4-6H,1H2,2-3H3/b7-5+. The molecule has 0 amide bonds. The summed E-state index contributed by atoms with van der Waals surface area (Å²) in [6, 6.07) is 0. The molecule has 0 nitrogen and oxygen atoms in total. The van der Waals surface area contributed by atoms with E-state index in [1.807, 2.05) is 0 Å². The highest BCUT2D eigenvalue weighted by molar-refractivity contribution is 5.04. The first-order chi connectivity index (χ1) is 3.68. The molecule has 0 saturated carbocycles. The Morgan fingerprint density at radius 3 is 2.25 bits per heavy atom. The van der Waals surface area contributed by atoms with E-state index in [4.69, 9.17) is 0 Å². The van der Waals surface area contributed by atoms with Gasteiger partial charge in [-0.1, -0.05) is 26.5 Å². The third-order valence-electron chi connectivity index (χ3n) is 0.829. The van der Waals surface area contributed by atoms with Crippen molar-refractivity contribution in [3.63, 3.8) is 0 Å². The summed E-state index contributed by atoms with van der Waals surface area (Å²) < 4.78 is 12.3. The van der Waals surface area contributed by atoms with Crippen LogP contribution >= 0.6 is 0 Å². The summed E-state index contributed by atoms with van der Waals surface area (Å²) in [5, 5.41) is 0. The zero-order valence-electron chi connectivity index (χ0n) is 5.32. The molecule has 0 heterocycles. The predicted molar refractivity (Wildman–Crippen MR) is 34.2 cm³/mol. The van der Waals surface area contributed by atoms with E-state index < -0.39 is 0 Å². The minimum Gasteiger partial charge on any atom is -0.212 e. The lowest BCUT2D eigenvalue weighted by Gasteiger charge is -1.95. The van der Waals surface area contributed by atoms with Gasteiger partial charge in [0.1, 0.15) is 5.83 Å². The van der Waals surface area contributed by atoms with Crippen molar-refractivity contribution < 1.29 is 4.39 Å². The number of halogens is 1. The van der Waals surface area contributed by atoms with Crippen LogP contribution in [-0.2, 0) is 0 Å². The molecule has 0 fully saturated rings. The van der Waals surface area contributed by atoms with E-state index in [2.05, 4.69) is 6.58 Å². The zero-order chi connectivity index (χ0) is 6.57. The molecule has 46 valence electrons. The van der Waals surface area contributed by atoms with E-state index in [0.29, 0.717) is 0 Å². The molecule has 0 aliphatic carbocycles. The Morgan fingerprint density at radius 1 is 1.62 bits per heavy atom. The van der Waals surface area contributed by atoms with Crippen LogP contribution in [0.4, 0.5) is 4.39 Å². The van der Waals surface area contributed by atoms with E-state index in [9.17, 15) is 4.39 Å². The summed E-state index contributed by atoms with van der Waals surface area (Å²) in [6.45, 7) is 6.97. The monoisotopic (exact) mass is 114 g/mol. The van der Waals surface area contributed by atoms with Gasteiger partial charge < -0.3 is 0 Å². The lowest BCUT2D eigenvalue weighted by molar-refractivity contribution is 0.520. The fourth-order valence-corrected chi connectivity index (χ4v) is 0.305. The van der Waals surface area contributed by atoms with Crippen molar-refractivity contribution in [2.45, 2.75) is 13.8 Å². The quantitative estimate of drug-likeness (QED) is 0.484. The lowest BCUT2D eigenvalue weighted by atomic mass is 10.2. The Hall–Kier alpha value is -0.590. The molecule has 0 unspecified atom stereocenters. The van der Waals surface area contributed by atoms with Gasteiger partial charge >= 0.3 is 0 Å². The van der Waals surface area contributed by atoms with Crippen molar-refractivity contribution in [1.82, 2.24) is 0 Å². The van der Waals surface area contributed by atoms with Gasteiger partial charge in [-0.05, 0) is 6.08 Å². The van der Waals surface area contributed by atoms with E-state index in [1.165, 1.54) is 12.2 Å². The second-order valence-corrected chi connectivity index (χ2v) is 1.94. The first-order valence-electron chi connectivity index (χ1n) is 2.66. The average molecular weight is 114 g/mol. The molecule has 0 aliphatic heterocycles. The van der Waals surface area contributed by atoms with Gasteiger partial charge in [0, 0.05) is 5.92 Å². The Labute approximate surface area is 49.7 Å². The van der Waals surface area contributed by atoms with Crippen LogP contribution in [0.25, 0.3) is 0 Å². The van der Waals surface area contributed by atoms with E-state index in [-0.39, 0.29) is 11.7 Å². The molecule has 0 aromatic heterocycles. The predicted octanol–water partition coefficient (Wildman–Crippen LogP) is 2.68. The van der Waals surface area contributed by atoms with Gasteiger partial charge in [0.15, 0.2) is 0 Å². The Morgan fingerprint density at radius 2 is 2.12 bits per heavy atom. The minimum absolute atomic E-state index is 0.00648. The first-order valence-corrected chi connectivity index (χ1v) is 2.66. The van der Waals surface area contributed by atoms with Crippen LogP contribution < -0.4 is 0 Å². The van der Waals surface area contributed by atoms with Crippen molar-refractivity contribution in [1.29, 1.82) is 0 Å². The third kappa shape index (κ3) is 2.56. The van der Waals surface area contributed by atoms with Crippen LogP contribution in [0.15, 0.2) is 24.6 Å². The number of rotatable bonds is 2. The summed E-state index contributed by atoms with van der Waals surface area (Å²) >= 11 is 0. The fraction of sp³-hybridized carbons (Fsp3) is 0.429. The van der Waals surface area contributed by atoms with Crippen LogP contribution in [0.3, 0.4) is 0 Å². The van der Waals surface area contributed by atoms with Crippen molar-refractivity contribution >= 4 is 0 Å². The molecule has 0 saturated heterocycles. The maximum atomic E-state index is 12.3. The molecule has 0 spiro atoms. The molecule has 0 N–H and O–H groups in total. The Kier molecular flexibility index (Phi) is 3.16. The third-order valence-corrected chi connectivity index (χ3v) is 0.829. The molecule has 1 heteroatoms. The van der Waals surface area contributed by atoms with Gasteiger partial charge in [-0.25, -0.2) is 4.39 Å². The first kappa shape index (κ1) is 7.41. The van der Waals surface area contributed by atoms with E-state index >= 15 is 0 Å². The summed E-state index contributed by atoms with van der Waals surface area (Å²) in [6.07, 6.45) is 2.83. The molecular formula is C7H11F. The molecule has 8 heavy (non-hydrogen) atoms. The summed E-state index contributed by atoms with van der Waals surface area (Å²) in [7, 11) is 0. The summed E-state index contributed by atoms with van der Waals surface area (Å²) in [5.74, 6) is -0.118. The van der Waals surface area contributed by atoms with Crippen molar-refractivity contribution in [3.8, 4) is 0 Å². The topological polar surface area (TPSA) is 0 Å². The largest absolute Gasteiger partial charge is 0.212 e. The van der Waals surface area contributed by atoms with Gasteiger partial charge in [-0.15, -0.1) is 0 Å². The van der Waals surface area contributed by atoms with Crippen LogP contribution in [0.1, 0.15) is 13.8 Å². The molecule has 0 atom stereocenters. The van der Waals surface area contributed by atoms with Gasteiger partial charge in [0.25, 0.3) is 0 Å². The van der Waals surface area contributed by atoms with Crippen molar-refractivity contribution in [3.05, 3.63) is 24.6 Å². The van der Waals surface area contributed by atoms with Crippen LogP contribution in [0.2, 0.25) is 0 Å². The van der Waals surface area contributed by atoms with Crippen LogP contribution in [0.5, 0.6) is 0 Å². The summed E-state index contributed by atoms with van der Waals surface area (Å²) in [5.41, 5.74) is 0. The minimum atomic E-state index is -0.111. The molecule has 0 radical (unpaired) electrons. The molecule has 0 rings (SSSR count).